The first-order chi connectivity index (χ1) is 18.7. The Morgan fingerprint density at radius 1 is 1.21 bits per heavy atom. The highest BCUT2D eigenvalue weighted by Crippen LogP contribution is 2.46. The number of pyridine rings is 2. The number of nitrogens with one attached hydrogen (secondary N) is 1. The quantitative estimate of drug-likeness (QED) is 0.317. The first-order valence-corrected chi connectivity index (χ1v) is 16.3. The van der Waals surface area contributed by atoms with Gasteiger partial charge in [0.2, 0.25) is 15.9 Å². The number of amides is 1. The Bertz CT molecular complexity index is 1570. The third kappa shape index (κ3) is 5.94. The smallest absolute Gasteiger partial charge is 0.263 e. The van der Waals surface area contributed by atoms with Crippen LogP contribution in [-0.2, 0) is 23.6 Å². The van der Waals surface area contributed by atoms with E-state index in [4.69, 9.17) is 10.00 Å². The molecule has 4 rings (SSSR count). The van der Waals surface area contributed by atoms with Crippen molar-refractivity contribution in [3.8, 4) is 11.9 Å². The summed E-state index contributed by atoms with van der Waals surface area (Å²) >= 11 is 2.89. The normalized spacial score (nSPS) is 14.2. The second kappa shape index (κ2) is 12.0. The molecule has 39 heavy (non-hydrogen) atoms. The molecular weight excluding hydrogens is 559 g/mol. The zero-order valence-corrected chi connectivity index (χ0v) is 24.3. The van der Waals surface area contributed by atoms with Crippen LogP contribution in [0.2, 0.25) is 0 Å². The van der Waals surface area contributed by atoms with Gasteiger partial charge in [-0.2, -0.15) is 9.57 Å². The Kier molecular flexibility index (Phi) is 8.90. The highest BCUT2D eigenvalue weighted by molar-refractivity contribution is 8.01. The Labute approximate surface area is 235 Å². The molecule has 1 aromatic carbocycles. The molecule has 1 aliphatic carbocycles. The topological polar surface area (TPSA) is 134 Å². The summed E-state index contributed by atoms with van der Waals surface area (Å²) in [7, 11) is -2.08. The molecule has 2 aromatic heterocycles. The molecule has 1 fully saturated rings. The zero-order chi connectivity index (χ0) is 28.2. The summed E-state index contributed by atoms with van der Waals surface area (Å²) in [4.78, 5) is 30.3. The van der Waals surface area contributed by atoms with Crippen LogP contribution in [0.5, 0.6) is 5.88 Å². The van der Waals surface area contributed by atoms with E-state index in [9.17, 15) is 18.0 Å². The number of sulfonamides is 1. The third-order valence-corrected chi connectivity index (χ3v) is 10.6. The number of fused-ring (bicyclic) bond motifs is 1. The Balaban J connectivity index is 1.55. The van der Waals surface area contributed by atoms with Crippen LogP contribution >= 0.6 is 23.5 Å². The van der Waals surface area contributed by atoms with Crippen LogP contribution < -0.4 is 15.6 Å². The molecule has 1 aliphatic rings. The number of aryl methyl sites for hydroxylation is 1. The van der Waals surface area contributed by atoms with Crippen molar-refractivity contribution in [1.29, 1.82) is 5.26 Å². The number of ether oxygens (including phenoxy) is 1. The molecule has 1 saturated carbocycles. The Hall–Kier alpha value is -3.05. The molecule has 0 unspecified atom stereocenters. The molecule has 10 nitrogen and oxygen atoms in total. The van der Waals surface area contributed by atoms with E-state index in [1.54, 1.807) is 30.3 Å². The SMILES string of the molecule is CSCN(CSC)S(=O)(=O)C1(COc2nccc3cc(C(=O)NCc4ccc(C#N)cc4)c(=O)n(C)c23)CC1. The maximum atomic E-state index is 13.4. The summed E-state index contributed by atoms with van der Waals surface area (Å²) < 4.78 is 34.5. The lowest BCUT2D eigenvalue weighted by Crippen LogP contribution is -2.43. The number of nitriles is 1. The summed E-state index contributed by atoms with van der Waals surface area (Å²) in [5, 5.41) is 12.2. The van der Waals surface area contributed by atoms with Crippen molar-refractivity contribution in [3.05, 3.63) is 69.6 Å². The minimum atomic E-state index is -3.61. The van der Waals surface area contributed by atoms with Gasteiger partial charge in [-0.15, -0.1) is 23.5 Å². The van der Waals surface area contributed by atoms with Gasteiger partial charge in [-0.3, -0.25) is 9.59 Å². The lowest BCUT2D eigenvalue weighted by molar-refractivity contribution is 0.0949. The number of nitrogens with zero attached hydrogens (tertiary/aromatic N) is 4. The van der Waals surface area contributed by atoms with Crippen molar-refractivity contribution in [2.45, 2.75) is 24.1 Å². The Morgan fingerprint density at radius 2 is 1.87 bits per heavy atom. The van der Waals surface area contributed by atoms with Crippen LogP contribution in [0.25, 0.3) is 10.9 Å². The zero-order valence-electron chi connectivity index (χ0n) is 21.8. The van der Waals surface area contributed by atoms with Crippen LogP contribution in [-0.4, -0.2) is 63.8 Å². The number of hydrogen-bond donors (Lipinski definition) is 1. The van der Waals surface area contributed by atoms with E-state index in [-0.39, 0.29) is 24.6 Å². The maximum absolute atomic E-state index is 13.4. The fraction of sp³-hybridized carbons (Fsp3) is 0.385. The second-order valence-electron chi connectivity index (χ2n) is 9.23. The van der Waals surface area contributed by atoms with Gasteiger partial charge in [-0.25, -0.2) is 13.4 Å². The molecule has 0 bridgehead atoms. The molecule has 1 amide bonds. The summed E-state index contributed by atoms with van der Waals surface area (Å²) in [6.45, 7) is 0.110. The van der Waals surface area contributed by atoms with Gasteiger partial charge < -0.3 is 14.6 Å². The fourth-order valence-corrected chi connectivity index (χ4v) is 8.19. The predicted octanol–water partition coefficient (Wildman–Crippen LogP) is 2.92. The van der Waals surface area contributed by atoms with Crippen molar-refractivity contribution >= 4 is 50.4 Å². The van der Waals surface area contributed by atoms with E-state index < -0.39 is 26.2 Å². The second-order valence-corrected chi connectivity index (χ2v) is 13.2. The third-order valence-electron chi connectivity index (χ3n) is 6.59. The number of carbonyl (C=O) groups is 1. The van der Waals surface area contributed by atoms with Crippen molar-refractivity contribution in [1.82, 2.24) is 19.2 Å². The molecule has 0 aliphatic heterocycles. The average Bonchev–Trinajstić information content (AvgIpc) is 3.74. The maximum Gasteiger partial charge on any atom is 0.263 e. The number of rotatable bonds is 12. The first kappa shape index (κ1) is 28.9. The van der Waals surface area contributed by atoms with Gasteiger partial charge in [0.05, 0.1) is 23.4 Å². The summed E-state index contributed by atoms with van der Waals surface area (Å²) in [6.07, 6.45) is 6.20. The lowest BCUT2D eigenvalue weighted by atomic mass is 10.1. The van der Waals surface area contributed by atoms with E-state index in [2.05, 4.69) is 10.3 Å². The monoisotopic (exact) mass is 587 g/mol. The van der Waals surface area contributed by atoms with E-state index >= 15 is 0 Å². The predicted molar refractivity (Wildman–Crippen MR) is 154 cm³/mol. The van der Waals surface area contributed by atoms with Gasteiger partial charge in [0.1, 0.15) is 22.4 Å². The fourth-order valence-electron chi connectivity index (χ4n) is 4.20. The van der Waals surface area contributed by atoms with Crippen molar-refractivity contribution in [2.75, 3.05) is 30.9 Å². The van der Waals surface area contributed by atoms with Crippen molar-refractivity contribution in [2.24, 2.45) is 7.05 Å². The first-order valence-electron chi connectivity index (χ1n) is 12.0. The standard InChI is InChI=1S/C26H29N5O5S3/c1-30-22-20(12-21(25(30)33)23(32)29-14-19-6-4-18(13-27)5-7-19)8-11-28-24(22)36-15-26(9-10-26)39(34,35)31(16-37-2)17-38-3/h4-8,11-12H,9-10,14-17H2,1-3H3,(H,29,32). The Morgan fingerprint density at radius 3 is 2.46 bits per heavy atom. The highest BCUT2D eigenvalue weighted by atomic mass is 32.2. The molecule has 13 heteroatoms. The summed E-state index contributed by atoms with van der Waals surface area (Å²) in [5.41, 5.74) is 1.11. The van der Waals surface area contributed by atoms with E-state index in [0.717, 1.165) is 5.56 Å². The molecule has 206 valence electrons. The van der Waals surface area contributed by atoms with Crippen LogP contribution in [0.4, 0.5) is 0 Å². The van der Waals surface area contributed by atoms with Crippen LogP contribution in [0, 0.1) is 11.3 Å². The molecule has 2 heterocycles. The highest BCUT2D eigenvalue weighted by Gasteiger charge is 2.57. The minimum Gasteiger partial charge on any atom is -0.474 e. The molecular formula is C26H29N5O5S3. The number of thioether (sulfide) groups is 2. The van der Waals surface area contributed by atoms with Crippen LogP contribution in [0.15, 0.2) is 47.4 Å². The van der Waals surface area contributed by atoms with Crippen molar-refractivity contribution < 1.29 is 17.9 Å². The van der Waals surface area contributed by atoms with Gasteiger partial charge in [-0.05, 0) is 55.2 Å². The van der Waals surface area contributed by atoms with Crippen LogP contribution in [0.3, 0.4) is 0 Å². The van der Waals surface area contributed by atoms with Gasteiger partial charge in [0, 0.05) is 25.2 Å². The van der Waals surface area contributed by atoms with Gasteiger partial charge in [0.15, 0.2) is 0 Å². The summed E-state index contributed by atoms with van der Waals surface area (Å²) in [6, 6.07) is 12.0. The largest absolute Gasteiger partial charge is 0.474 e. The number of hydrogen-bond acceptors (Lipinski definition) is 9. The number of benzene rings is 1. The minimum absolute atomic E-state index is 0.0400. The van der Waals surface area contributed by atoms with Crippen molar-refractivity contribution in [3.63, 3.8) is 0 Å². The number of carbonyl (C=O) groups excluding carboxylic acids is 1. The lowest BCUT2D eigenvalue weighted by Gasteiger charge is -2.26. The molecule has 0 radical (unpaired) electrons. The molecule has 3 aromatic rings. The van der Waals surface area contributed by atoms with E-state index in [1.165, 1.54) is 51.7 Å². The van der Waals surface area contributed by atoms with Gasteiger partial charge in [-0.1, -0.05) is 12.1 Å². The molecule has 0 spiro atoms. The van der Waals surface area contributed by atoms with Crippen LogP contribution in [0.1, 0.15) is 34.3 Å². The molecule has 1 N–H and O–H groups in total. The average molecular weight is 588 g/mol. The molecule has 0 saturated heterocycles. The van der Waals surface area contributed by atoms with Gasteiger partial charge in [0.25, 0.3) is 11.5 Å². The molecule has 0 atom stereocenters. The van der Waals surface area contributed by atoms with E-state index in [0.29, 0.717) is 41.1 Å². The van der Waals surface area contributed by atoms with E-state index in [1.807, 2.05) is 18.6 Å². The van der Waals surface area contributed by atoms with Gasteiger partial charge >= 0.3 is 0 Å². The summed E-state index contributed by atoms with van der Waals surface area (Å²) in [5.74, 6) is 0.329. The number of aromatic nitrogens is 2.